The summed E-state index contributed by atoms with van der Waals surface area (Å²) in [7, 11) is 1.75. The summed E-state index contributed by atoms with van der Waals surface area (Å²) in [6, 6.07) is 2.76. The van der Waals surface area contributed by atoms with Crippen LogP contribution in [0.2, 0.25) is 0 Å². The summed E-state index contributed by atoms with van der Waals surface area (Å²) in [5.74, 6) is -0.622. The van der Waals surface area contributed by atoms with Crippen molar-refractivity contribution >= 4 is 16.9 Å². The van der Waals surface area contributed by atoms with E-state index in [1.165, 1.54) is 18.5 Å². The maximum atomic E-state index is 13.5. The van der Waals surface area contributed by atoms with Crippen molar-refractivity contribution in [3.8, 4) is 0 Å². The number of aromatic nitrogens is 2. The summed E-state index contributed by atoms with van der Waals surface area (Å²) >= 11 is 0. The van der Waals surface area contributed by atoms with Crippen LogP contribution in [-0.2, 0) is 0 Å². The molecule has 5 nitrogen and oxygen atoms in total. The van der Waals surface area contributed by atoms with Crippen LogP contribution in [0.15, 0.2) is 18.5 Å². The Balaban J connectivity index is 1.98. The van der Waals surface area contributed by atoms with Gasteiger partial charge in [-0.1, -0.05) is 0 Å². The fraction of sp³-hybridized carbons (Fsp3) is 0.385. The van der Waals surface area contributed by atoms with Crippen LogP contribution in [0.3, 0.4) is 0 Å². The van der Waals surface area contributed by atoms with Crippen LogP contribution in [0.25, 0.3) is 11.0 Å². The second kappa shape index (κ2) is 4.62. The Kier molecular flexibility index (Phi) is 2.94. The van der Waals surface area contributed by atoms with E-state index in [9.17, 15) is 9.18 Å². The number of amides is 1. The molecule has 1 aliphatic rings. The van der Waals surface area contributed by atoms with Crippen molar-refractivity contribution in [3.05, 3.63) is 29.8 Å². The third-order valence-corrected chi connectivity index (χ3v) is 3.62. The predicted octanol–water partition coefficient (Wildman–Crippen LogP) is 1.14. The van der Waals surface area contributed by atoms with Crippen molar-refractivity contribution < 1.29 is 9.18 Å². The van der Waals surface area contributed by atoms with Crippen molar-refractivity contribution in [1.29, 1.82) is 0 Å². The van der Waals surface area contributed by atoms with Gasteiger partial charge in [0.25, 0.3) is 5.91 Å². The molecular formula is C13H15FN4O. The Morgan fingerprint density at radius 1 is 1.53 bits per heavy atom. The molecule has 1 aromatic heterocycles. The summed E-state index contributed by atoms with van der Waals surface area (Å²) in [6.45, 7) is 1.69. The summed E-state index contributed by atoms with van der Waals surface area (Å²) in [5, 5.41) is 3.21. The van der Waals surface area contributed by atoms with Crippen LogP contribution in [-0.4, -0.2) is 47.0 Å². The van der Waals surface area contributed by atoms with Gasteiger partial charge in [0.2, 0.25) is 0 Å². The molecule has 1 saturated heterocycles. The maximum absolute atomic E-state index is 13.5. The molecular weight excluding hydrogens is 247 g/mol. The molecule has 1 aliphatic heterocycles. The number of H-pyrrole nitrogens is 1. The van der Waals surface area contributed by atoms with E-state index in [0.717, 1.165) is 19.5 Å². The largest absolute Gasteiger partial charge is 0.344 e. The molecule has 0 saturated carbocycles. The van der Waals surface area contributed by atoms with Crippen molar-refractivity contribution in [2.24, 2.45) is 0 Å². The summed E-state index contributed by atoms with van der Waals surface area (Å²) in [6.07, 6.45) is 2.39. The Hall–Kier alpha value is -1.95. The predicted molar refractivity (Wildman–Crippen MR) is 69.4 cm³/mol. The lowest BCUT2D eigenvalue weighted by atomic mass is 10.1. The normalized spacial score (nSPS) is 18.9. The highest BCUT2D eigenvalue weighted by molar-refractivity contribution is 6.04. The first-order valence-corrected chi connectivity index (χ1v) is 6.27. The average Bonchev–Trinajstić information content (AvgIpc) is 3.06. The lowest BCUT2D eigenvalue weighted by Crippen LogP contribution is -2.38. The number of aromatic amines is 1. The molecule has 1 amide bonds. The van der Waals surface area contributed by atoms with Crippen LogP contribution in [0, 0.1) is 5.82 Å². The lowest BCUT2D eigenvalue weighted by molar-refractivity contribution is 0.0745. The van der Waals surface area contributed by atoms with Gasteiger partial charge in [0.05, 0.1) is 17.4 Å². The highest BCUT2D eigenvalue weighted by Crippen LogP contribution is 2.20. The van der Waals surface area contributed by atoms with Crippen LogP contribution in [0.4, 0.5) is 4.39 Å². The topological polar surface area (TPSA) is 61.0 Å². The molecule has 100 valence electrons. The number of carbonyl (C=O) groups excluding carboxylic acids is 1. The molecule has 0 aliphatic carbocycles. The Morgan fingerprint density at radius 2 is 2.37 bits per heavy atom. The molecule has 1 aromatic carbocycles. The van der Waals surface area contributed by atoms with Crippen molar-refractivity contribution in [2.75, 3.05) is 20.1 Å². The van der Waals surface area contributed by atoms with E-state index in [1.807, 2.05) is 0 Å². The summed E-state index contributed by atoms with van der Waals surface area (Å²) in [5.41, 5.74) is 1.37. The second-order valence-corrected chi connectivity index (χ2v) is 4.81. The van der Waals surface area contributed by atoms with Gasteiger partial charge in [-0.05, 0) is 25.1 Å². The van der Waals surface area contributed by atoms with E-state index < -0.39 is 5.82 Å². The number of fused-ring (bicyclic) bond motifs is 1. The number of benzene rings is 1. The molecule has 2 heterocycles. The highest BCUT2D eigenvalue weighted by atomic mass is 19.1. The van der Waals surface area contributed by atoms with E-state index >= 15 is 0 Å². The van der Waals surface area contributed by atoms with Crippen LogP contribution in [0.5, 0.6) is 0 Å². The first kappa shape index (κ1) is 12.1. The van der Waals surface area contributed by atoms with Gasteiger partial charge in [-0.2, -0.15) is 0 Å². The van der Waals surface area contributed by atoms with Gasteiger partial charge >= 0.3 is 0 Å². The first-order chi connectivity index (χ1) is 9.16. The lowest BCUT2D eigenvalue weighted by Gasteiger charge is -2.23. The zero-order chi connectivity index (χ0) is 13.4. The molecule has 1 unspecified atom stereocenters. The number of nitrogens with one attached hydrogen (secondary N) is 2. The fourth-order valence-corrected chi connectivity index (χ4v) is 2.50. The van der Waals surface area contributed by atoms with E-state index in [0.29, 0.717) is 16.6 Å². The van der Waals surface area contributed by atoms with Crippen molar-refractivity contribution in [3.63, 3.8) is 0 Å². The van der Waals surface area contributed by atoms with Gasteiger partial charge in [0.1, 0.15) is 11.3 Å². The van der Waals surface area contributed by atoms with Crippen LogP contribution < -0.4 is 5.32 Å². The van der Waals surface area contributed by atoms with Gasteiger partial charge in [0, 0.05) is 19.6 Å². The highest BCUT2D eigenvalue weighted by Gasteiger charge is 2.26. The number of imidazole rings is 1. The smallest absolute Gasteiger partial charge is 0.256 e. The molecule has 6 heteroatoms. The monoisotopic (exact) mass is 262 g/mol. The van der Waals surface area contributed by atoms with Gasteiger partial charge in [0.15, 0.2) is 0 Å². The number of hydrogen-bond acceptors (Lipinski definition) is 3. The minimum Gasteiger partial charge on any atom is -0.344 e. The Bertz CT molecular complexity index is 618. The standard InChI is InChI=1S/C13H15FN4O/c1-18(9-2-3-15-6-9)13(19)10-4-8(14)5-11-12(10)17-7-16-11/h4-5,7,9,15H,2-3,6H2,1H3,(H,16,17). The van der Waals surface area contributed by atoms with Gasteiger partial charge in [-0.25, -0.2) is 9.37 Å². The molecule has 0 spiro atoms. The van der Waals surface area contributed by atoms with Crippen LogP contribution in [0.1, 0.15) is 16.8 Å². The van der Waals surface area contributed by atoms with E-state index in [2.05, 4.69) is 15.3 Å². The molecule has 0 radical (unpaired) electrons. The van der Waals surface area contributed by atoms with Gasteiger partial charge in [-0.3, -0.25) is 4.79 Å². The Morgan fingerprint density at radius 3 is 3.11 bits per heavy atom. The number of rotatable bonds is 2. The zero-order valence-corrected chi connectivity index (χ0v) is 10.6. The molecule has 1 atom stereocenters. The number of nitrogens with zero attached hydrogens (tertiary/aromatic N) is 2. The van der Waals surface area contributed by atoms with Crippen molar-refractivity contribution in [1.82, 2.24) is 20.2 Å². The molecule has 3 rings (SSSR count). The molecule has 2 N–H and O–H groups in total. The van der Waals surface area contributed by atoms with Gasteiger partial charge < -0.3 is 15.2 Å². The minimum absolute atomic E-state index is 0.157. The molecule has 2 aromatic rings. The fourth-order valence-electron chi connectivity index (χ4n) is 2.50. The third-order valence-electron chi connectivity index (χ3n) is 3.62. The molecule has 1 fully saturated rings. The summed E-state index contributed by atoms with van der Waals surface area (Å²) in [4.78, 5) is 21.1. The molecule has 19 heavy (non-hydrogen) atoms. The first-order valence-electron chi connectivity index (χ1n) is 6.27. The SMILES string of the molecule is CN(C(=O)c1cc(F)cc2[nH]cnc12)C1CCNC1. The number of likely N-dealkylation sites (N-methyl/N-ethyl adjacent to an activating group) is 1. The minimum atomic E-state index is -0.432. The van der Waals surface area contributed by atoms with E-state index in [4.69, 9.17) is 0 Å². The average molecular weight is 262 g/mol. The number of carbonyl (C=O) groups is 1. The van der Waals surface area contributed by atoms with Crippen molar-refractivity contribution in [2.45, 2.75) is 12.5 Å². The zero-order valence-electron chi connectivity index (χ0n) is 10.6. The molecule has 0 bridgehead atoms. The van der Waals surface area contributed by atoms with Gasteiger partial charge in [-0.15, -0.1) is 0 Å². The van der Waals surface area contributed by atoms with E-state index in [1.54, 1.807) is 11.9 Å². The Labute approximate surface area is 109 Å². The second-order valence-electron chi connectivity index (χ2n) is 4.81. The third kappa shape index (κ3) is 2.08. The number of halogens is 1. The quantitative estimate of drug-likeness (QED) is 0.853. The van der Waals surface area contributed by atoms with Crippen LogP contribution >= 0.6 is 0 Å². The van der Waals surface area contributed by atoms with E-state index in [-0.39, 0.29) is 11.9 Å². The summed E-state index contributed by atoms with van der Waals surface area (Å²) < 4.78 is 13.5. The number of hydrogen-bond donors (Lipinski definition) is 2. The maximum Gasteiger partial charge on any atom is 0.256 e.